The lowest BCUT2D eigenvalue weighted by atomic mass is 9.82. The Hall–Kier alpha value is -1.62. The first kappa shape index (κ1) is 14.3. The quantitative estimate of drug-likeness (QED) is 0.755. The fourth-order valence-corrected chi connectivity index (χ4v) is 3.51. The lowest BCUT2D eigenvalue weighted by molar-refractivity contribution is -0.146. The highest BCUT2D eigenvalue weighted by Gasteiger charge is 2.53. The molecular weight excluding hydrogens is 270 g/mol. The van der Waals surface area contributed by atoms with Crippen LogP contribution >= 0.6 is 0 Å². The summed E-state index contributed by atoms with van der Waals surface area (Å²) in [6, 6.07) is 0. The van der Waals surface area contributed by atoms with Gasteiger partial charge >= 0.3 is 5.97 Å². The third-order valence-electron chi connectivity index (χ3n) is 4.62. The Morgan fingerprint density at radius 2 is 2.00 bits per heavy atom. The SMILES string of the molecule is O=C(NCCC1=CCCCC1)[C@@H]1[C@@H](C(=O)O)[C@H]2C=C[C@@H]1O2. The van der Waals surface area contributed by atoms with Crippen LogP contribution in [0.3, 0.4) is 0 Å². The highest BCUT2D eigenvalue weighted by molar-refractivity contribution is 5.87. The Morgan fingerprint density at radius 1 is 1.24 bits per heavy atom. The number of nitrogens with one attached hydrogen (secondary N) is 1. The van der Waals surface area contributed by atoms with E-state index < -0.39 is 23.9 Å². The number of aliphatic carboxylic acids is 1. The van der Waals surface area contributed by atoms with Crippen molar-refractivity contribution >= 4 is 11.9 Å². The van der Waals surface area contributed by atoms with Gasteiger partial charge in [0.05, 0.1) is 18.1 Å². The zero-order valence-corrected chi connectivity index (χ0v) is 12.0. The van der Waals surface area contributed by atoms with Gasteiger partial charge in [-0.15, -0.1) is 0 Å². The summed E-state index contributed by atoms with van der Waals surface area (Å²) in [6.45, 7) is 0.578. The maximum atomic E-state index is 12.3. The van der Waals surface area contributed by atoms with E-state index in [1.807, 2.05) is 0 Å². The number of carboxylic acids is 1. The molecule has 5 nitrogen and oxygen atoms in total. The van der Waals surface area contributed by atoms with Gasteiger partial charge in [0.25, 0.3) is 0 Å². The van der Waals surface area contributed by atoms with Crippen molar-refractivity contribution in [2.24, 2.45) is 11.8 Å². The van der Waals surface area contributed by atoms with Gasteiger partial charge in [-0.2, -0.15) is 0 Å². The molecule has 2 bridgehead atoms. The number of amides is 1. The summed E-state index contributed by atoms with van der Waals surface area (Å²) in [7, 11) is 0. The van der Waals surface area contributed by atoms with E-state index in [0.717, 1.165) is 19.3 Å². The Balaban J connectivity index is 1.54. The molecule has 3 rings (SSSR count). The number of rotatable bonds is 5. The molecule has 2 heterocycles. The fourth-order valence-electron chi connectivity index (χ4n) is 3.51. The van der Waals surface area contributed by atoms with E-state index >= 15 is 0 Å². The lowest BCUT2D eigenvalue weighted by Crippen LogP contribution is -2.42. The molecule has 114 valence electrons. The standard InChI is InChI=1S/C16H21NO4/c18-15(17-9-8-10-4-2-1-3-5-10)13-11-6-7-12(21-11)14(13)16(19)20/h4,6-7,11-14H,1-3,5,8-9H2,(H,17,18)(H,19,20)/t11-,12+,13-,14-/m0/s1. The minimum atomic E-state index is -0.956. The second kappa shape index (κ2) is 6.02. The predicted molar refractivity (Wildman–Crippen MR) is 76.6 cm³/mol. The molecule has 1 amide bonds. The second-order valence-corrected chi connectivity index (χ2v) is 5.99. The molecule has 0 spiro atoms. The van der Waals surface area contributed by atoms with Crippen molar-refractivity contribution in [3.8, 4) is 0 Å². The van der Waals surface area contributed by atoms with Gasteiger partial charge in [0.15, 0.2) is 0 Å². The number of carboxylic acid groups (broad SMARTS) is 1. The maximum Gasteiger partial charge on any atom is 0.310 e. The summed E-state index contributed by atoms with van der Waals surface area (Å²) in [5, 5.41) is 12.2. The van der Waals surface area contributed by atoms with E-state index in [0.29, 0.717) is 6.54 Å². The molecular formula is C16H21NO4. The molecule has 5 heteroatoms. The summed E-state index contributed by atoms with van der Waals surface area (Å²) < 4.78 is 5.51. The molecule has 1 aliphatic carbocycles. The van der Waals surface area contributed by atoms with Gasteiger partial charge in [-0.1, -0.05) is 23.8 Å². The van der Waals surface area contributed by atoms with E-state index in [9.17, 15) is 14.7 Å². The first-order chi connectivity index (χ1) is 10.2. The van der Waals surface area contributed by atoms with Crippen LogP contribution in [-0.2, 0) is 14.3 Å². The predicted octanol–water partition coefficient (Wildman–Crippen LogP) is 1.65. The number of hydrogen-bond acceptors (Lipinski definition) is 3. The minimum absolute atomic E-state index is 0.198. The van der Waals surface area contributed by atoms with Crippen LogP contribution in [0, 0.1) is 11.8 Å². The van der Waals surface area contributed by atoms with Crippen molar-refractivity contribution in [1.29, 1.82) is 0 Å². The van der Waals surface area contributed by atoms with Crippen LogP contribution in [0.15, 0.2) is 23.8 Å². The summed E-state index contributed by atoms with van der Waals surface area (Å²) in [6.07, 6.45) is 10.6. The van der Waals surface area contributed by atoms with Gasteiger partial charge in [-0.3, -0.25) is 9.59 Å². The summed E-state index contributed by atoms with van der Waals surface area (Å²) in [5.74, 6) is -2.51. The van der Waals surface area contributed by atoms with Crippen molar-refractivity contribution in [2.75, 3.05) is 6.54 Å². The third-order valence-corrected chi connectivity index (χ3v) is 4.62. The van der Waals surface area contributed by atoms with Crippen molar-refractivity contribution in [1.82, 2.24) is 5.32 Å². The number of ether oxygens (including phenoxy) is 1. The molecule has 1 fully saturated rings. The number of fused-ring (bicyclic) bond motifs is 2. The number of carbonyl (C=O) groups is 2. The van der Waals surface area contributed by atoms with Crippen LogP contribution < -0.4 is 5.32 Å². The lowest BCUT2D eigenvalue weighted by Gasteiger charge is -2.21. The molecule has 0 aromatic rings. The zero-order valence-electron chi connectivity index (χ0n) is 12.0. The molecule has 2 N–H and O–H groups in total. The Morgan fingerprint density at radius 3 is 2.67 bits per heavy atom. The Labute approximate surface area is 124 Å². The van der Waals surface area contributed by atoms with Gasteiger partial charge in [0, 0.05) is 6.54 Å². The summed E-state index contributed by atoms with van der Waals surface area (Å²) in [5.41, 5.74) is 1.40. The Bertz CT molecular complexity index is 497. The smallest absolute Gasteiger partial charge is 0.310 e. The average Bonchev–Trinajstić information content (AvgIpc) is 3.08. The molecule has 21 heavy (non-hydrogen) atoms. The van der Waals surface area contributed by atoms with Crippen LogP contribution in [0.4, 0.5) is 0 Å². The molecule has 0 saturated carbocycles. The summed E-state index contributed by atoms with van der Waals surface area (Å²) >= 11 is 0. The van der Waals surface area contributed by atoms with Crippen LogP contribution in [-0.4, -0.2) is 35.7 Å². The highest BCUT2D eigenvalue weighted by atomic mass is 16.5. The second-order valence-electron chi connectivity index (χ2n) is 5.99. The molecule has 4 atom stereocenters. The van der Waals surface area contributed by atoms with Crippen molar-refractivity contribution in [3.05, 3.63) is 23.8 Å². The first-order valence-corrected chi connectivity index (χ1v) is 7.69. The van der Waals surface area contributed by atoms with E-state index in [-0.39, 0.29) is 12.0 Å². The zero-order chi connectivity index (χ0) is 14.8. The fraction of sp³-hybridized carbons (Fsp3) is 0.625. The normalized spacial score (nSPS) is 33.8. The van der Waals surface area contributed by atoms with Crippen LogP contribution in [0.5, 0.6) is 0 Å². The third kappa shape index (κ3) is 2.88. The van der Waals surface area contributed by atoms with Crippen LogP contribution in [0.1, 0.15) is 32.1 Å². The van der Waals surface area contributed by atoms with Crippen LogP contribution in [0.2, 0.25) is 0 Å². The average molecular weight is 291 g/mol. The van der Waals surface area contributed by atoms with E-state index in [1.165, 1.54) is 18.4 Å². The van der Waals surface area contributed by atoms with Gasteiger partial charge < -0.3 is 15.2 Å². The Kier molecular flexibility index (Phi) is 4.10. The molecule has 3 aliphatic rings. The first-order valence-electron chi connectivity index (χ1n) is 7.69. The van der Waals surface area contributed by atoms with E-state index in [1.54, 1.807) is 12.2 Å². The number of hydrogen-bond donors (Lipinski definition) is 2. The number of carbonyl (C=O) groups excluding carboxylic acids is 1. The van der Waals surface area contributed by atoms with Gasteiger partial charge in [-0.25, -0.2) is 0 Å². The molecule has 0 aromatic carbocycles. The van der Waals surface area contributed by atoms with Crippen molar-refractivity contribution in [2.45, 2.75) is 44.3 Å². The highest BCUT2D eigenvalue weighted by Crippen LogP contribution is 2.39. The maximum absolute atomic E-state index is 12.3. The van der Waals surface area contributed by atoms with E-state index in [2.05, 4.69) is 11.4 Å². The van der Waals surface area contributed by atoms with Gasteiger partial charge in [0.2, 0.25) is 5.91 Å². The van der Waals surface area contributed by atoms with E-state index in [4.69, 9.17) is 4.74 Å². The topological polar surface area (TPSA) is 75.6 Å². The van der Waals surface area contributed by atoms with Crippen LogP contribution in [0.25, 0.3) is 0 Å². The van der Waals surface area contributed by atoms with Gasteiger partial charge in [-0.05, 0) is 32.1 Å². The number of allylic oxidation sites excluding steroid dienone is 1. The van der Waals surface area contributed by atoms with Gasteiger partial charge in [0.1, 0.15) is 5.92 Å². The molecule has 0 radical (unpaired) electrons. The largest absolute Gasteiger partial charge is 0.481 e. The monoisotopic (exact) mass is 291 g/mol. The minimum Gasteiger partial charge on any atom is -0.481 e. The molecule has 0 unspecified atom stereocenters. The molecule has 0 aromatic heterocycles. The molecule has 1 saturated heterocycles. The molecule has 2 aliphatic heterocycles. The summed E-state index contributed by atoms with van der Waals surface area (Å²) in [4.78, 5) is 23.6. The van der Waals surface area contributed by atoms with Crippen molar-refractivity contribution < 1.29 is 19.4 Å². The van der Waals surface area contributed by atoms with Crippen molar-refractivity contribution in [3.63, 3.8) is 0 Å².